The molecule has 0 radical (unpaired) electrons. The molecule has 2 atom stereocenters. The molecule has 0 aromatic heterocycles. The lowest BCUT2D eigenvalue weighted by Crippen LogP contribution is -2.33. The van der Waals surface area contributed by atoms with Crippen molar-refractivity contribution in [1.29, 1.82) is 0 Å². The van der Waals surface area contributed by atoms with E-state index in [4.69, 9.17) is 17.3 Å². The van der Waals surface area contributed by atoms with Crippen molar-refractivity contribution in [3.63, 3.8) is 0 Å². The molecular formula is C14H20ClFN2. The van der Waals surface area contributed by atoms with Crippen LogP contribution in [0.3, 0.4) is 0 Å². The van der Waals surface area contributed by atoms with E-state index < -0.39 is 0 Å². The Morgan fingerprint density at radius 3 is 2.89 bits per heavy atom. The molecule has 2 unspecified atom stereocenters. The number of benzene rings is 1. The molecule has 1 aromatic carbocycles. The maximum atomic E-state index is 13.1. The van der Waals surface area contributed by atoms with Crippen LogP contribution in [0.4, 0.5) is 4.39 Å². The molecule has 1 fully saturated rings. The average molecular weight is 271 g/mol. The lowest BCUT2D eigenvalue weighted by atomic mass is 9.89. The molecule has 0 aliphatic carbocycles. The zero-order chi connectivity index (χ0) is 13.1. The summed E-state index contributed by atoms with van der Waals surface area (Å²) in [5.41, 5.74) is 6.90. The van der Waals surface area contributed by atoms with E-state index in [0.717, 1.165) is 18.5 Å². The van der Waals surface area contributed by atoms with E-state index in [1.54, 1.807) is 6.07 Å². The van der Waals surface area contributed by atoms with Gasteiger partial charge in [-0.15, -0.1) is 0 Å². The number of likely N-dealkylation sites (tertiary alicyclic amines) is 1. The summed E-state index contributed by atoms with van der Waals surface area (Å²) in [7, 11) is 2.10. The molecule has 2 nitrogen and oxygen atoms in total. The topological polar surface area (TPSA) is 29.3 Å². The van der Waals surface area contributed by atoms with Crippen molar-refractivity contribution in [2.45, 2.75) is 25.3 Å². The van der Waals surface area contributed by atoms with E-state index in [1.165, 1.54) is 25.0 Å². The fourth-order valence-electron chi connectivity index (χ4n) is 2.90. The third-order valence-corrected chi connectivity index (χ3v) is 4.17. The zero-order valence-electron chi connectivity index (χ0n) is 10.7. The van der Waals surface area contributed by atoms with Gasteiger partial charge in [0.1, 0.15) is 5.82 Å². The molecule has 2 rings (SSSR count). The molecule has 0 amide bonds. The highest BCUT2D eigenvalue weighted by atomic mass is 35.5. The second kappa shape index (κ2) is 6.00. The van der Waals surface area contributed by atoms with Crippen molar-refractivity contribution < 1.29 is 4.39 Å². The van der Waals surface area contributed by atoms with Gasteiger partial charge in [0.2, 0.25) is 0 Å². The summed E-state index contributed by atoms with van der Waals surface area (Å²) in [5.74, 6) is 0.102. The SMILES string of the molecule is CN1CCCCC(CN)C1c1ccc(F)cc1Cl. The van der Waals surface area contributed by atoms with Crippen molar-refractivity contribution >= 4 is 11.6 Å². The van der Waals surface area contributed by atoms with Crippen molar-refractivity contribution in [2.75, 3.05) is 20.1 Å². The molecular weight excluding hydrogens is 251 g/mol. The van der Waals surface area contributed by atoms with Gasteiger partial charge in [0.15, 0.2) is 0 Å². The first-order valence-electron chi connectivity index (χ1n) is 6.48. The van der Waals surface area contributed by atoms with Crippen LogP contribution in [0.25, 0.3) is 0 Å². The van der Waals surface area contributed by atoms with Crippen molar-refractivity contribution in [1.82, 2.24) is 4.90 Å². The van der Waals surface area contributed by atoms with Crippen LogP contribution in [0.5, 0.6) is 0 Å². The number of hydrogen-bond donors (Lipinski definition) is 1. The lowest BCUT2D eigenvalue weighted by Gasteiger charge is -2.32. The number of rotatable bonds is 2. The number of hydrogen-bond acceptors (Lipinski definition) is 2. The minimum absolute atomic E-state index is 0.200. The standard InChI is InChI=1S/C14H20ClFN2/c1-18-7-3-2-4-10(9-17)14(18)12-6-5-11(16)8-13(12)15/h5-6,8,10,14H,2-4,7,9,17H2,1H3. The highest BCUT2D eigenvalue weighted by Crippen LogP contribution is 2.37. The molecule has 0 saturated carbocycles. The minimum Gasteiger partial charge on any atom is -0.330 e. The van der Waals surface area contributed by atoms with Gasteiger partial charge in [0.05, 0.1) is 0 Å². The quantitative estimate of drug-likeness (QED) is 0.894. The molecule has 1 aliphatic rings. The van der Waals surface area contributed by atoms with Gasteiger partial charge in [0, 0.05) is 11.1 Å². The first kappa shape index (κ1) is 13.8. The summed E-state index contributed by atoms with van der Waals surface area (Å²) >= 11 is 6.20. The van der Waals surface area contributed by atoms with E-state index in [-0.39, 0.29) is 11.9 Å². The van der Waals surface area contributed by atoms with Crippen LogP contribution in [-0.2, 0) is 0 Å². The van der Waals surface area contributed by atoms with Gasteiger partial charge in [-0.25, -0.2) is 4.39 Å². The summed E-state index contributed by atoms with van der Waals surface area (Å²) in [4.78, 5) is 2.30. The zero-order valence-corrected chi connectivity index (χ0v) is 11.5. The largest absolute Gasteiger partial charge is 0.330 e. The van der Waals surface area contributed by atoms with Crippen molar-refractivity contribution in [2.24, 2.45) is 11.7 Å². The Morgan fingerprint density at radius 1 is 1.44 bits per heavy atom. The first-order valence-corrected chi connectivity index (χ1v) is 6.86. The maximum absolute atomic E-state index is 13.1. The Hall–Kier alpha value is -0.640. The summed E-state index contributed by atoms with van der Waals surface area (Å²) < 4.78 is 13.1. The van der Waals surface area contributed by atoms with Gasteiger partial charge in [0.25, 0.3) is 0 Å². The van der Waals surface area contributed by atoms with E-state index in [9.17, 15) is 4.39 Å². The third kappa shape index (κ3) is 2.85. The van der Waals surface area contributed by atoms with Gasteiger partial charge < -0.3 is 5.73 Å². The lowest BCUT2D eigenvalue weighted by molar-refractivity contribution is 0.196. The Morgan fingerprint density at radius 2 is 2.22 bits per heavy atom. The maximum Gasteiger partial charge on any atom is 0.124 e. The van der Waals surface area contributed by atoms with E-state index in [1.807, 2.05) is 0 Å². The van der Waals surface area contributed by atoms with E-state index in [0.29, 0.717) is 17.5 Å². The van der Waals surface area contributed by atoms with Crippen LogP contribution in [0.15, 0.2) is 18.2 Å². The Kier molecular flexibility index (Phi) is 4.60. The minimum atomic E-state index is -0.288. The molecule has 100 valence electrons. The normalized spacial score (nSPS) is 26.0. The molecule has 1 heterocycles. The predicted molar refractivity (Wildman–Crippen MR) is 73.2 cm³/mol. The van der Waals surface area contributed by atoms with Gasteiger partial charge in [-0.2, -0.15) is 0 Å². The van der Waals surface area contributed by atoms with Crippen LogP contribution in [-0.4, -0.2) is 25.0 Å². The number of nitrogens with zero attached hydrogens (tertiary/aromatic N) is 1. The van der Waals surface area contributed by atoms with E-state index in [2.05, 4.69) is 11.9 Å². The molecule has 2 N–H and O–H groups in total. The van der Waals surface area contributed by atoms with Crippen LogP contribution in [0.1, 0.15) is 30.9 Å². The van der Waals surface area contributed by atoms with Crippen LogP contribution in [0, 0.1) is 11.7 Å². The average Bonchev–Trinajstić information content (AvgIpc) is 2.51. The Labute approximate surface area is 113 Å². The van der Waals surface area contributed by atoms with E-state index >= 15 is 0 Å². The number of nitrogens with two attached hydrogens (primary N) is 1. The Balaban J connectivity index is 2.36. The Bertz CT molecular complexity index is 411. The highest BCUT2D eigenvalue weighted by molar-refractivity contribution is 6.31. The van der Waals surface area contributed by atoms with Crippen molar-refractivity contribution in [3.8, 4) is 0 Å². The monoisotopic (exact) mass is 270 g/mol. The van der Waals surface area contributed by atoms with Gasteiger partial charge in [-0.1, -0.05) is 24.1 Å². The highest BCUT2D eigenvalue weighted by Gasteiger charge is 2.29. The summed E-state index contributed by atoms with van der Waals surface area (Å²) in [6, 6.07) is 4.87. The molecule has 1 aliphatic heterocycles. The smallest absolute Gasteiger partial charge is 0.124 e. The summed E-state index contributed by atoms with van der Waals surface area (Å²) in [6.07, 6.45) is 3.49. The molecule has 0 bridgehead atoms. The van der Waals surface area contributed by atoms with Gasteiger partial charge in [-0.3, -0.25) is 4.90 Å². The van der Waals surface area contributed by atoms with Crippen LogP contribution in [0.2, 0.25) is 5.02 Å². The fourth-order valence-corrected chi connectivity index (χ4v) is 3.18. The molecule has 1 saturated heterocycles. The summed E-state index contributed by atoms with van der Waals surface area (Å²) in [5, 5.41) is 0.507. The van der Waals surface area contributed by atoms with Gasteiger partial charge in [-0.05, 0) is 56.6 Å². The summed E-state index contributed by atoms with van der Waals surface area (Å²) in [6.45, 7) is 1.68. The van der Waals surface area contributed by atoms with Crippen molar-refractivity contribution in [3.05, 3.63) is 34.6 Å². The van der Waals surface area contributed by atoms with Crippen LogP contribution >= 0.6 is 11.6 Å². The third-order valence-electron chi connectivity index (χ3n) is 3.84. The van der Waals surface area contributed by atoms with Gasteiger partial charge >= 0.3 is 0 Å². The van der Waals surface area contributed by atoms with Crippen LogP contribution < -0.4 is 5.73 Å². The second-order valence-corrected chi connectivity index (χ2v) is 5.49. The predicted octanol–water partition coefficient (Wildman–Crippen LogP) is 3.21. The fraction of sp³-hybridized carbons (Fsp3) is 0.571. The number of halogens is 2. The molecule has 18 heavy (non-hydrogen) atoms. The first-order chi connectivity index (χ1) is 8.63. The molecule has 1 aromatic rings. The molecule has 0 spiro atoms. The second-order valence-electron chi connectivity index (χ2n) is 5.08. The molecule has 4 heteroatoms.